The molecule has 2 aromatic rings. The normalized spacial score (nSPS) is 26.8. The molecule has 34 heavy (non-hydrogen) atoms. The number of esters is 1. The SMILES string of the molecule is NC(=O)c1ccc(COC(=O)c2ccccc2SCC(=O)NC23CC4CC(CC(C4)C2)C3)cc1. The van der Waals surface area contributed by atoms with E-state index in [1.807, 2.05) is 12.1 Å². The van der Waals surface area contributed by atoms with Crippen molar-refractivity contribution in [3.63, 3.8) is 0 Å². The van der Waals surface area contributed by atoms with Crippen molar-refractivity contribution in [1.29, 1.82) is 0 Å². The van der Waals surface area contributed by atoms with E-state index in [2.05, 4.69) is 5.32 Å². The van der Waals surface area contributed by atoms with Gasteiger partial charge in [-0.3, -0.25) is 9.59 Å². The predicted octanol–water partition coefficient (Wildman–Crippen LogP) is 4.32. The standard InChI is InChI=1S/C27H30N2O4S/c28-25(31)21-7-5-17(6-8-21)15-33-26(32)22-3-1-2-4-23(22)34-16-24(30)29-27-12-18-9-19(13-27)11-20(10-18)14-27/h1-8,18-20H,9-16H2,(H2,28,31)(H,29,30). The number of hydrogen-bond acceptors (Lipinski definition) is 5. The maximum Gasteiger partial charge on any atom is 0.339 e. The monoisotopic (exact) mass is 478 g/mol. The first-order chi connectivity index (χ1) is 16.4. The summed E-state index contributed by atoms with van der Waals surface area (Å²) in [7, 11) is 0. The number of ether oxygens (including phenoxy) is 1. The number of benzene rings is 2. The van der Waals surface area contributed by atoms with Crippen LogP contribution in [0.3, 0.4) is 0 Å². The molecule has 0 spiro atoms. The molecular formula is C27H30N2O4S. The van der Waals surface area contributed by atoms with Gasteiger partial charge >= 0.3 is 5.97 Å². The summed E-state index contributed by atoms with van der Waals surface area (Å²) in [5, 5.41) is 3.39. The molecule has 178 valence electrons. The molecule has 0 aromatic heterocycles. The summed E-state index contributed by atoms with van der Waals surface area (Å²) in [4.78, 5) is 37.6. The number of nitrogens with two attached hydrogens (primary N) is 1. The van der Waals surface area contributed by atoms with E-state index in [0.29, 0.717) is 11.1 Å². The second kappa shape index (κ2) is 9.45. The summed E-state index contributed by atoms with van der Waals surface area (Å²) < 4.78 is 5.48. The third kappa shape index (κ3) is 4.99. The number of hydrogen-bond donors (Lipinski definition) is 2. The van der Waals surface area contributed by atoms with Gasteiger partial charge in [-0.05, 0) is 86.1 Å². The van der Waals surface area contributed by atoms with Gasteiger partial charge in [0.2, 0.25) is 11.8 Å². The number of primary amides is 1. The second-order valence-corrected chi connectivity index (χ2v) is 11.2. The fourth-order valence-electron chi connectivity index (χ4n) is 6.49. The van der Waals surface area contributed by atoms with Crippen LogP contribution in [0.5, 0.6) is 0 Å². The quantitative estimate of drug-likeness (QED) is 0.435. The van der Waals surface area contributed by atoms with E-state index >= 15 is 0 Å². The van der Waals surface area contributed by atoms with Crippen LogP contribution < -0.4 is 11.1 Å². The summed E-state index contributed by atoms with van der Waals surface area (Å²) in [6, 6.07) is 13.9. The Kier molecular flexibility index (Phi) is 6.38. The molecule has 2 amide bonds. The Morgan fingerprint density at radius 3 is 2.18 bits per heavy atom. The van der Waals surface area contributed by atoms with Crippen LogP contribution in [-0.2, 0) is 16.1 Å². The van der Waals surface area contributed by atoms with Crippen molar-refractivity contribution < 1.29 is 19.1 Å². The van der Waals surface area contributed by atoms with Crippen LogP contribution >= 0.6 is 11.8 Å². The summed E-state index contributed by atoms with van der Waals surface area (Å²) in [6.07, 6.45) is 7.40. The van der Waals surface area contributed by atoms with E-state index in [1.165, 1.54) is 31.0 Å². The lowest BCUT2D eigenvalue weighted by Crippen LogP contribution is -2.60. The molecule has 0 atom stereocenters. The molecule has 4 fully saturated rings. The van der Waals surface area contributed by atoms with Gasteiger partial charge in [0.15, 0.2) is 0 Å². The molecule has 7 heteroatoms. The fourth-order valence-corrected chi connectivity index (χ4v) is 7.33. The maximum absolute atomic E-state index is 12.9. The van der Waals surface area contributed by atoms with Crippen molar-refractivity contribution in [1.82, 2.24) is 5.32 Å². The van der Waals surface area contributed by atoms with Crippen LogP contribution in [0.2, 0.25) is 0 Å². The largest absolute Gasteiger partial charge is 0.457 e. The zero-order chi connectivity index (χ0) is 23.7. The highest BCUT2D eigenvalue weighted by molar-refractivity contribution is 8.00. The summed E-state index contributed by atoms with van der Waals surface area (Å²) in [5.41, 5.74) is 6.87. The van der Waals surface area contributed by atoms with Crippen molar-refractivity contribution in [3.05, 3.63) is 65.2 Å². The molecule has 4 aliphatic rings. The van der Waals surface area contributed by atoms with Crippen molar-refractivity contribution in [2.24, 2.45) is 23.5 Å². The summed E-state index contributed by atoms with van der Waals surface area (Å²) >= 11 is 1.37. The van der Waals surface area contributed by atoms with Crippen molar-refractivity contribution >= 4 is 29.5 Å². The van der Waals surface area contributed by atoms with Crippen LogP contribution in [0.25, 0.3) is 0 Å². The number of rotatable bonds is 8. The van der Waals surface area contributed by atoms with E-state index in [9.17, 15) is 14.4 Å². The molecule has 4 aliphatic carbocycles. The minimum Gasteiger partial charge on any atom is -0.457 e. The van der Waals surface area contributed by atoms with Gasteiger partial charge in [-0.2, -0.15) is 0 Å². The zero-order valence-corrected chi connectivity index (χ0v) is 19.9. The Bertz CT molecular complexity index is 1060. The summed E-state index contributed by atoms with van der Waals surface area (Å²) in [5.74, 6) is 1.72. The number of carbonyl (C=O) groups is 3. The molecule has 4 saturated carbocycles. The molecule has 6 rings (SSSR count). The highest BCUT2D eigenvalue weighted by Crippen LogP contribution is 2.55. The Morgan fingerprint density at radius 2 is 1.56 bits per heavy atom. The highest BCUT2D eigenvalue weighted by Gasteiger charge is 2.51. The van der Waals surface area contributed by atoms with Gasteiger partial charge in [-0.15, -0.1) is 11.8 Å². The van der Waals surface area contributed by atoms with Gasteiger partial charge in [-0.25, -0.2) is 4.79 Å². The van der Waals surface area contributed by atoms with Crippen LogP contribution in [0, 0.1) is 17.8 Å². The molecule has 2 aromatic carbocycles. The van der Waals surface area contributed by atoms with Gasteiger partial charge < -0.3 is 15.8 Å². The maximum atomic E-state index is 12.9. The first-order valence-corrected chi connectivity index (χ1v) is 13.0. The average molecular weight is 479 g/mol. The van der Waals surface area contributed by atoms with E-state index in [4.69, 9.17) is 10.5 Å². The van der Waals surface area contributed by atoms with Crippen LogP contribution in [0.4, 0.5) is 0 Å². The molecule has 0 radical (unpaired) electrons. The van der Waals surface area contributed by atoms with Crippen LogP contribution in [0.15, 0.2) is 53.4 Å². The highest BCUT2D eigenvalue weighted by atomic mass is 32.2. The minimum atomic E-state index is -0.498. The molecule has 0 aliphatic heterocycles. The molecule has 0 heterocycles. The number of carbonyl (C=O) groups excluding carboxylic acids is 3. The van der Waals surface area contributed by atoms with E-state index in [1.54, 1.807) is 36.4 Å². The predicted molar refractivity (Wildman–Crippen MR) is 130 cm³/mol. The minimum absolute atomic E-state index is 0.00506. The number of thioether (sulfide) groups is 1. The summed E-state index contributed by atoms with van der Waals surface area (Å²) in [6.45, 7) is 0.0867. The van der Waals surface area contributed by atoms with E-state index < -0.39 is 11.9 Å². The number of amides is 2. The van der Waals surface area contributed by atoms with Crippen molar-refractivity contribution in [2.45, 2.75) is 55.6 Å². The molecule has 3 N–H and O–H groups in total. The van der Waals surface area contributed by atoms with Crippen LogP contribution in [0.1, 0.15) is 64.8 Å². The van der Waals surface area contributed by atoms with E-state index in [-0.39, 0.29) is 23.8 Å². The molecule has 0 unspecified atom stereocenters. The van der Waals surface area contributed by atoms with Gasteiger partial charge in [0, 0.05) is 16.0 Å². The van der Waals surface area contributed by atoms with Crippen LogP contribution in [-0.4, -0.2) is 29.1 Å². The van der Waals surface area contributed by atoms with E-state index in [0.717, 1.165) is 47.5 Å². The molecule has 0 saturated heterocycles. The fraction of sp³-hybridized carbons (Fsp3) is 0.444. The lowest BCUT2D eigenvalue weighted by Gasteiger charge is -2.56. The lowest BCUT2D eigenvalue weighted by molar-refractivity contribution is -0.124. The lowest BCUT2D eigenvalue weighted by atomic mass is 9.53. The number of nitrogens with one attached hydrogen (secondary N) is 1. The third-order valence-corrected chi connectivity index (χ3v) is 8.59. The zero-order valence-electron chi connectivity index (χ0n) is 19.1. The Hall–Kier alpha value is -2.80. The topological polar surface area (TPSA) is 98.5 Å². The Labute approximate surface area is 204 Å². The first-order valence-electron chi connectivity index (χ1n) is 12.0. The molecule has 6 nitrogen and oxygen atoms in total. The van der Waals surface area contributed by atoms with Crippen molar-refractivity contribution in [3.8, 4) is 0 Å². The third-order valence-electron chi connectivity index (χ3n) is 7.52. The average Bonchev–Trinajstić information content (AvgIpc) is 2.80. The Morgan fingerprint density at radius 1 is 0.941 bits per heavy atom. The van der Waals surface area contributed by atoms with Gasteiger partial charge in [0.25, 0.3) is 0 Å². The molecular weight excluding hydrogens is 448 g/mol. The Balaban J connectivity index is 1.16. The second-order valence-electron chi connectivity index (χ2n) is 10.2. The smallest absolute Gasteiger partial charge is 0.339 e. The molecule has 4 bridgehead atoms. The van der Waals surface area contributed by atoms with Gasteiger partial charge in [0.05, 0.1) is 11.3 Å². The van der Waals surface area contributed by atoms with Gasteiger partial charge in [-0.1, -0.05) is 24.3 Å². The van der Waals surface area contributed by atoms with Gasteiger partial charge in [0.1, 0.15) is 6.61 Å². The van der Waals surface area contributed by atoms with Crippen molar-refractivity contribution in [2.75, 3.05) is 5.75 Å². The first kappa shape index (κ1) is 23.0.